The van der Waals surface area contributed by atoms with Gasteiger partial charge in [-0.1, -0.05) is 0 Å². The Morgan fingerprint density at radius 3 is 2.44 bits per heavy atom. The number of rotatable bonds is 6. The summed E-state index contributed by atoms with van der Waals surface area (Å²) >= 11 is 0. The highest BCUT2D eigenvalue weighted by atomic mass is 16.2. The van der Waals surface area contributed by atoms with Crippen molar-refractivity contribution in [3.8, 4) is 0 Å². The van der Waals surface area contributed by atoms with Crippen LogP contribution >= 0.6 is 0 Å². The molecule has 0 bridgehead atoms. The molecular weight excluding hydrogens is 226 g/mol. The van der Waals surface area contributed by atoms with Gasteiger partial charge in [-0.05, 0) is 65.1 Å². The monoisotopic (exact) mass is 253 g/mol. The van der Waals surface area contributed by atoms with E-state index in [1.807, 2.05) is 13.8 Å². The van der Waals surface area contributed by atoms with Crippen LogP contribution in [0.15, 0.2) is 0 Å². The zero-order valence-corrected chi connectivity index (χ0v) is 11.7. The van der Waals surface area contributed by atoms with Crippen molar-refractivity contribution in [2.45, 2.75) is 51.6 Å². The molecule has 0 spiro atoms. The zero-order chi connectivity index (χ0) is 13.0. The second kappa shape index (κ2) is 6.53. The molecule has 104 valence electrons. The first-order valence-corrected chi connectivity index (χ1v) is 7.38. The Balaban J connectivity index is 1.58. The maximum absolute atomic E-state index is 11.7. The molecule has 0 aromatic heterocycles. The van der Waals surface area contributed by atoms with E-state index in [1.165, 1.54) is 32.2 Å². The molecule has 18 heavy (non-hydrogen) atoms. The third-order valence-electron chi connectivity index (χ3n) is 3.80. The molecular formula is C14H27N3O. The van der Waals surface area contributed by atoms with Crippen LogP contribution in [0.25, 0.3) is 0 Å². The molecule has 0 radical (unpaired) electrons. The second-order valence-corrected chi connectivity index (χ2v) is 6.12. The lowest BCUT2D eigenvalue weighted by molar-refractivity contribution is -0.123. The summed E-state index contributed by atoms with van der Waals surface area (Å²) in [5.41, 5.74) is 0. The average Bonchev–Trinajstić information content (AvgIpc) is 3.11. The van der Waals surface area contributed by atoms with E-state index < -0.39 is 0 Å². The van der Waals surface area contributed by atoms with Crippen LogP contribution in [0.3, 0.4) is 0 Å². The number of hydrogen-bond donors (Lipinski definition) is 2. The average molecular weight is 253 g/mol. The molecule has 1 amide bonds. The van der Waals surface area contributed by atoms with Gasteiger partial charge in [-0.3, -0.25) is 9.69 Å². The fourth-order valence-corrected chi connectivity index (χ4v) is 2.54. The Kier molecular flexibility index (Phi) is 5.01. The normalized spacial score (nSPS) is 22.4. The topological polar surface area (TPSA) is 44.4 Å². The van der Waals surface area contributed by atoms with E-state index in [4.69, 9.17) is 0 Å². The van der Waals surface area contributed by atoms with Crippen molar-refractivity contribution in [1.82, 2.24) is 15.5 Å². The van der Waals surface area contributed by atoms with Gasteiger partial charge in [0.2, 0.25) is 5.91 Å². The van der Waals surface area contributed by atoms with E-state index in [1.54, 1.807) is 0 Å². The molecule has 2 rings (SSSR count). The first-order valence-electron chi connectivity index (χ1n) is 7.38. The number of likely N-dealkylation sites (tertiary alicyclic amines) is 1. The molecule has 1 aliphatic carbocycles. The third kappa shape index (κ3) is 4.94. The van der Waals surface area contributed by atoms with Crippen LogP contribution in [0.2, 0.25) is 0 Å². The molecule has 1 saturated heterocycles. The molecule has 4 nitrogen and oxygen atoms in total. The largest absolute Gasteiger partial charge is 0.353 e. The highest BCUT2D eigenvalue weighted by Gasteiger charge is 2.24. The van der Waals surface area contributed by atoms with Gasteiger partial charge in [-0.15, -0.1) is 0 Å². The Morgan fingerprint density at radius 2 is 1.89 bits per heavy atom. The maximum atomic E-state index is 11.7. The minimum absolute atomic E-state index is 0.166. The SMILES string of the molecule is CC(C)NC(=O)CN1CCC(CNC2CC2)CC1. The summed E-state index contributed by atoms with van der Waals surface area (Å²) in [4.78, 5) is 13.9. The molecule has 2 aliphatic rings. The van der Waals surface area contributed by atoms with Crippen molar-refractivity contribution >= 4 is 5.91 Å². The first-order chi connectivity index (χ1) is 8.63. The van der Waals surface area contributed by atoms with Crippen molar-refractivity contribution in [1.29, 1.82) is 0 Å². The summed E-state index contributed by atoms with van der Waals surface area (Å²) in [6.45, 7) is 7.91. The molecule has 2 fully saturated rings. The van der Waals surface area contributed by atoms with Crippen LogP contribution in [0, 0.1) is 5.92 Å². The summed E-state index contributed by atoms with van der Waals surface area (Å²) in [6, 6.07) is 1.07. The van der Waals surface area contributed by atoms with Crippen LogP contribution in [0.5, 0.6) is 0 Å². The standard InChI is InChI=1S/C14H27N3O/c1-11(2)16-14(18)10-17-7-5-12(6-8-17)9-15-13-3-4-13/h11-13,15H,3-10H2,1-2H3,(H,16,18). The lowest BCUT2D eigenvalue weighted by atomic mass is 9.97. The van der Waals surface area contributed by atoms with Crippen molar-refractivity contribution in [3.63, 3.8) is 0 Å². The Morgan fingerprint density at radius 1 is 1.22 bits per heavy atom. The molecule has 1 saturated carbocycles. The molecule has 1 aliphatic heterocycles. The van der Waals surface area contributed by atoms with Crippen LogP contribution in [-0.2, 0) is 4.79 Å². The number of piperidine rings is 1. The van der Waals surface area contributed by atoms with Gasteiger partial charge in [-0.25, -0.2) is 0 Å². The van der Waals surface area contributed by atoms with Gasteiger partial charge >= 0.3 is 0 Å². The number of carbonyl (C=O) groups is 1. The van der Waals surface area contributed by atoms with Gasteiger partial charge in [0.05, 0.1) is 6.54 Å². The fraction of sp³-hybridized carbons (Fsp3) is 0.929. The van der Waals surface area contributed by atoms with Crippen molar-refractivity contribution in [2.24, 2.45) is 5.92 Å². The number of carbonyl (C=O) groups excluding carboxylic acids is 1. The minimum atomic E-state index is 0.166. The van der Waals surface area contributed by atoms with Crippen LogP contribution < -0.4 is 10.6 Å². The van der Waals surface area contributed by atoms with Gasteiger partial charge in [0.1, 0.15) is 0 Å². The van der Waals surface area contributed by atoms with Crippen LogP contribution in [0.4, 0.5) is 0 Å². The third-order valence-corrected chi connectivity index (χ3v) is 3.80. The number of hydrogen-bond acceptors (Lipinski definition) is 3. The van der Waals surface area contributed by atoms with Gasteiger partial charge in [0.25, 0.3) is 0 Å². The predicted octanol–water partition coefficient (Wildman–Crippen LogP) is 0.975. The summed E-state index contributed by atoms with van der Waals surface area (Å²) in [5, 5.41) is 6.57. The molecule has 0 aromatic carbocycles. The summed E-state index contributed by atoms with van der Waals surface area (Å²) in [6.07, 6.45) is 5.20. The maximum Gasteiger partial charge on any atom is 0.234 e. The summed E-state index contributed by atoms with van der Waals surface area (Å²) in [7, 11) is 0. The lowest BCUT2D eigenvalue weighted by Crippen LogP contribution is -2.44. The fourth-order valence-electron chi connectivity index (χ4n) is 2.54. The summed E-state index contributed by atoms with van der Waals surface area (Å²) < 4.78 is 0. The Bertz CT molecular complexity index is 268. The van der Waals surface area contributed by atoms with E-state index in [0.29, 0.717) is 6.54 Å². The molecule has 0 atom stereocenters. The van der Waals surface area contributed by atoms with Crippen molar-refractivity contribution in [3.05, 3.63) is 0 Å². The first kappa shape index (κ1) is 13.8. The van der Waals surface area contributed by atoms with E-state index in [2.05, 4.69) is 15.5 Å². The minimum Gasteiger partial charge on any atom is -0.353 e. The molecule has 1 heterocycles. The molecule has 2 N–H and O–H groups in total. The highest BCUT2D eigenvalue weighted by Crippen LogP contribution is 2.21. The van der Waals surface area contributed by atoms with Gasteiger partial charge in [0.15, 0.2) is 0 Å². The summed E-state index contributed by atoms with van der Waals surface area (Å²) in [5.74, 6) is 0.981. The number of amides is 1. The van der Waals surface area contributed by atoms with E-state index in [9.17, 15) is 4.79 Å². The van der Waals surface area contributed by atoms with Crippen molar-refractivity contribution in [2.75, 3.05) is 26.2 Å². The smallest absolute Gasteiger partial charge is 0.234 e. The van der Waals surface area contributed by atoms with Gasteiger partial charge in [0, 0.05) is 12.1 Å². The van der Waals surface area contributed by atoms with E-state index >= 15 is 0 Å². The van der Waals surface area contributed by atoms with Gasteiger partial charge in [-0.2, -0.15) is 0 Å². The van der Waals surface area contributed by atoms with Crippen LogP contribution in [-0.4, -0.2) is 49.1 Å². The van der Waals surface area contributed by atoms with E-state index in [0.717, 1.165) is 25.0 Å². The predicted molar refractivity (Wildman–Crippen MR) is 73.5 cm³/mol. The van der Waals surface area contributed by atoms with Crippen LogP contribution in [0.1, 0.15) is 39.5 Å². The Hall–Kier alpha value is -0.610. The van der Waals surface area contributed by atoms with Crippen molar-refractivity contribution < 1.29 is 4.79 Å². The second-order valence-electron chi connectivity index (χ2n) is 6.12. The number of nitrogens with one attached hydrogen (secondary N) is 2. The molecule has 4 heteroatoms. The van der Waals surface area contributed by atoms with E-state index in [-0.39, 0.29) is 11.9 Å². The quantitative estimate of drug-likeness (QED) is 0.741. The van der Waals surface area contributed by atoms with Gasteiger partial charge < -0.3 is 10.6 Å². The molecule has 0 aromatic rings. The zero-order valence-electron chi connectivity index (χ0n) is 11.7. The molecule has 0 unspecified atom stereocenters. The highest BCUT2D eigenvalue weighted by molar-refractivity contribution is 5.78. The number of nitrogens with zero attached hydrogens (tertiary/aromatic N) is 1. The Labute approximate surface area is 110 Å². The lowest BCUT2D eigenvalue weighted by Gasteiger charge is -2.31.